The Balaban J connectivity index is 1.98. The second-order valence-corrected chi connectivity index (χ2v) is 5.25. The Hall–Kier alpha value is -1.45. The highest BCUT2D eigenvalue weighted by molar-refractivity contribution is 5.78. The topological polar surface area (TPSA) is 59.1 Å². The summed E-state index contributed by atoms with van der Waals surface area (Å²) in [6.45, 7) is 0.530. The molecule has 3 N–H and O–H groups in total. The highest BCUT2D eigenvalue weighted by Crippen LogP contribution is 2.49. The number of nitrogens with two attached hydrogens (primary N) is 1. The van der Waals surface area contributed by atoms with Gasteiger partial charge in [-0.1, -0.05) is 30.7 Å². The number of rotatable bonds is 3. The van der Waals surface area contributed by atoms with E-state index in [0.717, 1.165) is 35.9 Å². The summed E-state index contributed by atoms with van der Waals surface area (Å²) in [6.07, 6.45) is 2.61. The van der Waals surface area contributed by atoms with Gasteiger partial charge in [0.15, 0.2) is 0 Å². The molecule has 0 amide bonds. The van der Waals surface area contributed by atoms with Gasteiger partial charge in [-0.2, -0.15) is 0 Å². The molecule has 1 aliphatic carbocycles. The Morgan fingerprint density at radius 2 is 2.00 bits per heavy atom. The molecule has 3 rings (SSSR count). The van der Waals surface area contributed by atoms with Crippen molar-refractivity contribution < 1.29 is 5.11 Å². The summed E-state index contributed by atoms with van der Waals surface area (Å²) in [4.78, 5) is 4.57. The number of para-hydroxylation sites is 1. The Labute approximate surface area is 107 Å². The Kier molecular flexibility index (Phi) is 2.80. The van der Waals surface area contributed by atoms with Gasteiger partial charge in [0.25, 0.3) is 0 Å². The van der Waals surface area contributed by atoms with Gasteiger partial charge in [-0.25, -0.2) is 0 Å². The van der Waals surface area contributed by atoms with Gasteiger partial charge in [0.1, 0.15) is 6.10 Å². The number of aliphatic hydroxyl groups is 1. The Morgan fingerprint density at radius 1 is 1.22 bits per heavy atom. The van der Waals surface area contributed by atoms with Crippen LogP contribution in [0.3, 0.4) is 0 Å². The largest absolute Gasteiger partial charge is 0.386 e. The van der Waals surface area contributed by atoms with Crippen LogP contribution in [0.4, 0.5) is 0 Å². The second kappa shape index (κ2) is 4.34. The molecule has 2 aromatic rings. The summed E-state index contributed by atoms with van der Waals surface area (Å²) < 4.78 is 0. The summed E-state index contributed by atoms with van der Waals surface area (Å²) in [5, 5.41) is 11.6. The minimum absolute atomic E-state index is 0.143. The zero-order valence-electron chi connectivity index (χ0n) is 10.3. The Bertz CT molecular complexity index is 558. The average molecular weight is 242 g/mol. The van der Waals surface area contributed by atoms with Crippen LogP contribution in [-0.4, -0.2) is 16.6 Å². The van der Waals surface area contributed by atoms with E-state index in [1.807, 2.05) is 36.4 Å². The van der Waals surface area contributed by atoms with Crippen molar-refractivity contribution in [2.75, 3.05) is 6.54 Å². The molecular weight excluding hydrogens is 224 g/mol. The third-order valence-corrected chi connectivity index (χ3v) is 4.24. The first kappa shape index (κ1) is 11.6. The number of hydrogen-bond donors (Lipinski definition) is 2. The second-order valence-electron chi connectivity index (χ2n) is 5.25. The Morgan fingerprint density at radius 3 is 2.67 bits per heavy atom. The summed E-state index contributed by atoms with van der Waals surface area (Å²) in [7, 11) is 0. The van der Waals surface area contributed by atoms with E-state index in [-0.39, 0.29) is 5.41 Å². The van der Waals surface area contributed by atoms with E-state index in [1.165, 1.54) is 0 Å². The van der Waals surface area contributed by atoms with Crippen LogP contribution in [0, 0.1) is 5.41 Å². The molecule has 1 fully saturated rings. The molecular formula is C15H18N2O. The summed E-state index contributed by atoms with van der Waals surface area (Å²) in [5.74, 6) is 0. The van der Waals surface area contributed by atoms with E-state index >= 15 is 0 Å². The molecule has 0 bridgehead atoms. The fourth-order valence-electron chi connectivity index (χ4n) is 2.77. The maximum absolute atomic E-state index is 10.5. The van der Waals surface area contributed by atoms with Crippen LogP contribution >= 0.6 is 0 Å². The molecule has 1 aromatic carbocycles. The van der Waals surface area contributed by atoms with Crippen molar-refractivity contribution in [2.45, 2.75) is 25.4 Å². The first-order valence-corrected chi connectivity index (χ1v) is 6.49. The molecule has 3 heteroatoms. The molecule has 3 nitrogen and oxygen atoms in total. The molecule has 1 heterocycles. The number of fused-ring (bicyclic) bond motifs is 1. The van der Waals surface area contributed by atoms with Crippen LogP contribution in [0.2, 0.25) is 0 Å². The molecule has 94 valence electrons. The SMILES string of the molecule is NCC1(C(O)c2ccc3ccccc3n2)CCC1. The van der Waals surface area contributed by atoms with Crippen molar-refractivity contribution in [3.8, 4) is 0 Å². The quantitative estimate of drug-likeness (QED) is 0.869. The van der Waals surface area contributed by atoms with Gasteiger partial charge in [-0.3, -0.25) is 4.98 Å². The van der Waals surface area contributed by atoms with Gasteiger partial charge in [-0.15, -0.1) is 0 Å². The molecule has 0 spiro atoms. The van der Waals surface area contributed by atoms with Crippen molar-refractivity contribution in [3.63, 3.8) is 0 Å². The monoisotopic (exact) mass is 242 g/mol. The third-order valence-electron chi connectivity index (χ3n) is 4.24. The molecule has 1 aromatic heterocycles. The van der Waals surface area contributed by atoms with Crippen molar-refractivity contribution in [3.05, 3.63) is 42.1 Å². The molecule has 1 unspecified atom stereocenters. The van der Waals surface area contributed by atoms with Gasteiger partial charge in [0.2, 0.25) is 0 Å². The summed E-state index contributed by atoms with van der Waals surface area (Å²) in [6, 6.07) is 11.9. The minimum Gasteiger partial charge on any atom is -0.386 e. The van der Waals surface area contributed by atoms with Gasteiger partial charge in [0, 0.05) is 17.3 Å². The van der Waals surface area contributed by atoms with E-state index < -0.39 is 6.10 Å². The molecule has 0 aliphatic heterocycles. The minimum atomic E-state index is -0.541. The first-order chi connectivity index (χ1) is 8.75. The average Bonchev–Trinajstić information content (AvgIpc) is 2.37. The maximum Gasteiger partial charge on any atom is 0.103 e. The van der Waals surface area contributed by atoms with Crippen molar-refractivity contribution >= 4 is 10.9 Å². The maximum atomic E-state index is 10.5. The lowest BCUT2D eigenvalue weighted by Crippen LogP contribution is -2.42. The number of nitrogens with zero attached hydrogens (tertiary/aromatic N) is 1. The van der Waals surface area contributed by atoms with Gasteiger partial charge >= 0.3 is 0 Å². The van der Waals surface area contributed by atoms with Gasteiger partial charge < -0.3 is 10.8 Å². The predicted molar refractivity (Wildman–Crippen MR) is 72.0 cm³/mol. The lowest BCUT2D eigenvalue weighted by Gasteiger charge is -2.44. The van der Waals surface area contributed by atoms with E-state index in [4.69, 9.17) is 5.73 Å². The lowest BCUT2D eigenvalue weighted by molar-refractivity contribution is -0.0320. The van der Waals surface area contributed by atoms with E-state index in [2.05, 4.69) is 4.98 Å². The molecule has 18 heavy (non-hydrogen) atoms. The summed E-state index contributed by atoms with van der Waals surface area (Å²) in [5.41, 5.74) is 7.37. The number of aromatic nitrogens is 1. The van der Waals surface area contributed by atoms with E-state index in [0.29, 0.717) is 6.54 Å². The molecule has 1 aliphatic rings. The van der Waals surface area contributed by atoms with E-state index in [9.17, 15) is 5.11 Å². The predicted octanol–water partition coefficient (Wildman–Crippen LogP) is 2.40. The number of aliphatic hydroxyl groups excluding tert-OH is 1. The van der Waals surface area contributed by atoms with Crippen LogP contribution in [-0.2, 0) is 0 Å². The van der Waals surface area contributed by atoms with Gasteiger partial charge in [0.05, 0.1) is 11.2 Å². The number of benzene rings is 1. The highest BCUT2D eigenvalue weighted by atomic mass is 16.3. The van der Waals surface area contributed by atoms with Crippen molar-refractivity contribution in [2.24, 2.45) is 11.1 Å². The zero-order valence-corrected chi connectivity index (χ0v) is 10.3. The van der Waals surface area contributed by atoms with E-state index in [1.54, 1.807) is 0 Å². The van der Waals surface area contributed by atoms with Gasteiger partial charge in [-0.05, 0) is 25.0 Å². The summed E-state index contributed by atoms with van der Waals surface area (Å²) >= 11 is 0. The lowest BCUT2D eigenvalue weighted by atomic mass is 9.64. The first-order valence-electron chi connectivity index (χ1n) is 6.49. The molecule has 1 atom stereocenters. The number of hydrogen-bond acceptors (Lipinski definition) is 3. The smallest absolute Gasteiger partial charge is 0.103 e. The fraction of sp³-hybridized carbons (Fsp3) is 0.400. The highest BCUT2D eigenvalue weighted by Gasteiger charge is 2.43. The molecule has 0 radical (unpaired) electrons. The van der Waals surface area contributed by atoms with Crippen LogP contribution in [0.25, 0.3) is 10.9 Å². The molecule has 1 saturated carbocycles. The standard InChI is InChI=1S/C15H18N2O/c16-10-15(8-3-9-15)14(18)13-7-6-11-4-1-2-5-12(11)17-13/h1-2,4-7,14,18H,3,8-10,16H2. The van der Waals surface area contributed by atoms with Crippen LogP contribution in [0.15, 0.2) is 36.4 Å². The zero-order chi connectivity index (χ0) is 12.6. The van der Waals surface area contributed by atoms with Crippen LogP contribution < -0.4 is 5.73 Å². The normalized spacial score (nSPS) is 19.4. The third kappa shape index (κ3) is 1.71. The van der Waals surface area contributed by atoms with Crippen LogP contribution in [0.5, 0.6) is 0 Å². The number of pyridine rings is 1. The molecule has 0 saturated heterocycles. The van der Waals surface area contributed by atoms with Crippen LogP contribution in [0.1, 0.15) is 31.1 Å². The van der Waals surface area contributed by atoms with Crippen molar-refractivity contribution in [1.82, 2.24) is 4.98 Å². The fourth-order valence-corrected chi connectivity index (χ4v) is 2.77. The van der Waals surface area contributed by atoms with Crippen molar-refractivity contribution in [1.29, 1.82) is 0 Å².